The van der Waals surface area contributed by atoms with Gasteiger partial charge in [-0.3, -0.25) is 18.7 Å². The number of sulfonamides is 1. The molecule has 14 rings (SSSR count). The summed E-state index contributed by atoms with van der Waals surface area (Å²) < 4.78 is 66.6. The lowest BCUT2D eigenvalue weighted by Crippen LogP contribution is -2.39. The molecule has 6 atom stereocenters. The molecule has 674 valence electrons. The van der Waals surface area contributed by atoms with Gasteiger partial charge in [0.1, 0.15) is 40.2 Å². The Labute approximate surface area is 736 Å². The number of nitrogens with zero attached hydrogens (tertiary/aromatic N) is 4. The highest BCUT2D eigenvalue weighted by molar-refractivity contribution is 7.92. The fourth-order valence-electron chi connectivity index (χ4n) is 18.8. The third-order valence-electron chi connectivity index (χ3n) is 25.0. The number of ether oxygens (including phenoxy) is 7. The lowest BCUT2D eigenvalue weighted by atomic mass is 9.79. The Morgan fingerprint density at radius 3 is 1.18 bits per heavy atom. The highest BCUT2D eigenvalue weighted by Gasteiger charge is 2.39. The van der Waals surface area contributed by atoms with Gasteiger partial charge in [-0.15, -0.1) is 0 Å². The van der Waals surface area contributed by atoms with E-state index in [-0.39, 0.29) is 91.8 Å². The molecular weight excluding hydrogens is 1590 g/mol. The maximum atomic E-state index is 13.3. The number of aryl methyl sites for hydroxylation is 8. The Bertz CT molecular complexity index is 4980. The molecule has 0 saturated heterocycles. The van der Waals surface area contributed by atoms with E-state index in [4.69, 9.17) is 38.3 Å². The molecule has 4 heterocycles. The van der Waals surface area contributed by atoms with Gasteiger partial charge in [0.15, 0.2) is 0 Å². The summed E-state index contributed by atoms with van der Waals surface area (Å²) in [5, 5.41) is 55.7. The van der Waals surface area contributed by atoms with E-state index < -0.39 is 10.0 Å². The van der Waals surface area contributed by atoms with Gasteiger partial charge in [-0.05, 0) is 310 Å². The molecular formula is C101H136N4O18S. The molecule has 0 saturated carbocycles. The van der Waals surface area contributed by atoms with Crippen molar-refractivity contribution in [2.24, 2.45) is 5.92 Å². The molecule has 8 aromatic carbocycles. The third-order valence-corrected chi connectivity index (χ3v) is 26.8. The third kappa shape index (κ3) is 23.3. The highest BCUT2D eigenvalue weighted by Crippen LogP contribution is 2.51. The van der Waals surface area contributed by atoms with Crippen molar-refractivity contribution in [3.8, 4) is 40.2 Å². The normalized spacial score (nSPS) is 17.7. The van der Waals surface area contributed by atoms with Crippen LogP contribution in [-0.4, -0.2) is 172 Å². The van der Waals surface area contributed by atoms with Gasteiger partial charge in [-0.1, -0.05) is 55.8 Å². The van der Waals surface area contributed by atoms with Crippen LogP contribution in [-0.2, 0) is 32.5 Å². The summed E-state index contributed by atoms with van der Waals surface area (Å²) in [5.74, 6) is 7.79. The minimum absolute atomic E-state index is 0.00644. The summed E-state index contributed by atoms with van der Waals surface area (Å²) in [7, 11) is 8.03. The molecule has 4 aliphatic heterocycles. The van der Waals surface area contributed by atoms with E-state index in [1.54, 1.807) is 73.7 Å². The van der Waals surface area contributed by atoms with E-state index >= 15 is 0 Å². The zero-order valence-corrected chi connectivity index (χ0v) is 77.1. The van der Waals surface area contributed by atoms with E-state index in [1.807, 2.05) is 149 Å². The average molecular weight is 1730 g/mol. The summed E-state index contributed by atoms with van der Waals surface area (Å²) in [6.45, 7) is 23.0. The van der Waals surface area contributed by atoms with Gasteiger partial charge in [0.25, 0.3) is 15.9 Å². The molecule has 124 heavy (non-hydrogen) atoms. The summed E-state index contributed by atoms with van der Waals surface area (Å²) >= 11 is 0. The molecule has 22 nitrogen and oxygen atoms in total. The van der Waals surface area contributed by atoms with Gasteiger partial charge in [-0.2, -0.15) is 0 Å². The largest absolute Gasteiger partial charge is 0.497 e. The first-order valence-corrected chi connectivity index (χ1v) is 45.4. The molecule has 2 aliphatic carbocycles. The molecule has 0 radical (unpaired) electrons. The number of methoxy groups -OCH3 is 7. The van der Waals surface area contributed by atoms with Crippen LogP contribution in [0.5, 0.6) is 40.2 Å². The van der Waals surface area contributed by atoms with Crippen LogP contribution in [0, 0.1) is 54.4 Å². The monoisotopic (exact) mass is 1720 g/mol. The van der Waals surface area contributed by atoms with Crippen LogP contribution in [0.2, 0.25) is 0 Å². The number of rotatable bonds is 23. The minimum atomic E-state index is -3.66. The van der Waals surface area contributed by atoms with Crippen molar-refractivity contribution in [1.29, 1.82) is 0 Å². The van der Waals surface area contributed by atoms with E-state index in [0.29, 0.717) is 87.1 Å². The van der Waals surface area contributed by atoms with Gasteiger partial charge in [-0.25, -0.2) is 8.42 Å². The van der Waals surface area contributed by atoms with Crippen LogP contribution in [0.1, 0.15) is 240 Å². The van der Waals surface area contributed by atoms with Crippen LogP contribution < -0.4 is 52.2 Å². The molecule has 6 N–H and O–H groups in total. The maximum absolute atomic E-state index is 13.3. The molecule has 3 amide bonds. The Balaban J connectivity index is 0.000000170. The van der Waals surface area contributed by atoms with Crippen molar-refractivity contribution < 1.29 is 86.6 Å². The number of anilines is 4. The Hall–Kier alpha value is -9.72. The Morgan fingerprint density at radius 2 is 0.766 bits per heavy atom. The number of benzene rings is 8. The first-order valence-electron chi connectivity index (χ1n) is 44.0. The fraction of sp³-hybridized carbons (Fsp3) is 0.495. The average Bonchev–Trinajstić information content (AvgIpc) is 0.765. The number of hydrogen-bond donors (Lipinski definition) is 6. The standard InChI is InChI=1S/C20H25NO4S.C20H23NO3.C17H25NO3.C15H21NO3.C15H22O2.C14H20O3/c1-14-4-6-17(7-5-14)26(23,24)21-10-8-16(9-11-22)20-18(21)12-15(2)13-19(20)25-3;1-14-12-17-19(18(13-14)24-2)15(9-11-22)8-10-21(17)20(23)16-6-4-3-5-7-16;1-11(2)17(20)18-7-5-13(6-8-19)16-14(18)9-12(3)10-15(16)21-4;1-10-8-13-15(14(9-10)19-3)12(5-7-17)4-6-16(13)11(2)18;1-10-9-13-6-4-5-12(7-8-16)14(13)15(17-3)11(10)2;1-16-12-8-11-5-3-4-10(6-7-15)14(11)13(9-12)17-2/h4-7,12-13,16,22H,8-11H2,1-3H3;3-7,12-13,15,22H,8-11H2,1-2H3;9-11,13,19H,5-8H2,1-4H3;8-9,12,17H,4-7H2,1-3H3;9,12,16H,4-8H2,1-3H3;8-10,15H,3-7H2,1-2H3/t16-;15-;13-;2*12-;10-/m000000/s1. The number of fused-ring (bicyclic) bond motifs is 6. The molecule has 23 heteroatoms. The van der Waals surface area contributed by atoms with Crippen molar-refractivity contribution in [1.82, 2.24) is 0 Å². The van der Waals surface area contributed by atoms with Crippen LogP contribution in [0.25, 0.3) is 0 Å². The molecule has 0 fully saturated rings. The van der Waals surface area contributed by atoms with Crippen molar-refractivity contribution in [2.75, 3.05) is 135 Å². The van der Waals surface area contributed by atoms with E-state index in [2.05, 4.69) is 32.0 Å². The van der Waals surface area contributed by atoms with E-state index in [9.17, 15) is 48.3 Å². The molecule has 6 aliphatic rings. The summed E-state index contributed by atoms with van der Waals surface area (Å²) in [6.07, 6.45) is 14.5. The number of amides is 3. The lowest BCUT2D eigenvalue weighted by molar-refractivity contribution is -0.121. The van der Waals surface area contributed by atoms with Crippen molar-refractivity contribution >= 4 is 50.5 Å². The van der Waals surface area contributed by atoms with Crippen LogP contribution in [0.4, 0.5) is 22.7 Å². The summed E-state index contributed by atoms with van der Waals surface area (Å²) in [6, 6.07) is 38.6. The van der Waals surface area contributed by atoms with Gasteiger partial charge in [0.2, 0.25) is 11.8 Å². The number of hydrogen-bond acceptors (Lipinski definition) is 18. The van der Waals surface area contributed by atoms with Crippen molar-refractivity contribution in [3.63, 3.8) is 0 Å². The zero-order chi connectivity index (χ0) is 90.2. The second-order valence-corrected chi connectivity index (χ2v) is 35.5. The number of carbonyl (C=O) groups is 3. The molecule has 0 unspecified atom stereocenters. The highest BCUT2D eigenvalue weighted by atomic mass is 32.2. The lowest BCUT2D eigenvalue weighted by Gasteiger charge is -2.36. The predicted octanol–water partition coefficient (Wildman–Crippen LogP) is 17.6. The van der Waals surface area contributed by atoms with Crippen LogP contribution in [0.15, 0.2) is 126 Å². The SMILES string of the molecule is COc1c(C)c(C)cc2c1[C@H](CCO)CCC2.COc1cc(C)cc2c1[C@H](CCO)CCN2C(=O)C(C)C.COc1cc(C)cc2c1[C@H](CCO)CCN2C(=O)c1ccccc1.COc1cc(C)cc2c1[C@H](CCO)CCN2C(C)=O.COc1cc(C)cc2c1[C@H](CCO)CCN2S(=O)(=O)c1ccc(C)cc1.COc1cc2c(c(OC)c1)[C@H](CCO)CCC2. The second kappa shape index (κ2) is 46.5. The first-order chi connectivity index (χ1) is 59.6. The number of carbonyl (C=O) groups excluding carboxylic acids is 3. The summed E-state index contributed by atoms with van der Waals surface area (Å²) in [5.41, 5.74) is 21.3. The van der Waals surface area contributed by atoms with Crippen LogP contribution in [0.3, 0.4) is 0 Å². The number of aliphatic hydroxyl groups excluding tert-OH is 6. The van der Waals surface area contributed by atoms with Gasteiger partial charge in [0.05, 0.1) is 77.4 Å². The van der Waals surface area contributed by atoms with Gasteiger partial charge >= 0.3 is 0 Å². The minimum Gasteiger partial charge on any atom is -0.497 e. The fourth-order valence-corrected chi connectivity index (χ4v) is 20.3. The topological polar surface area (TPSA) is 284 Å². The zero-order valence-electron chi connectivity index (χ0n) is 76.3. The molecule has 8 aromatic rings. The second-order valence-electron chi connectivity index (χ2n) is 33.6. The summed E-state index contributed by atoms with van der Waals surface area (Å²) in [4.78, 5) is 43.0. The predicted molar refractivity (Wildman–Crippen MR) is 493 cm³/mol. The smallest absolute Gasteiger partial charge is 0.264 e. The Kier molecular flexibility index (Phi) is 36.8. The van der Waals surface area contributed by atoms with Crippen LogP contribution >= 0.6 is 0 Å². The molecule has 0 bridgehead atoms. The maximum Gasteiger partial charge on any atom is 0.264 e. The molecule has 0 aromatic heterocycles. The van der Waals surface area contributed by atoms with Gasteiger partial charge in [0, 0.05) is 124 Å². The van der Waals surface area contributed by atoms with Gasteiger partial charge < -0.3 is 78.5 Å². The van der Waals surface area contributed by atoms with Crippen molar-refractivity contribution in [2.45, 2.75) is 212 Å². The number of aliphatic hydroxyl groups is 6. The Morgan fingerprint density at radius 1 is 0.395 bits per heavy atom. The first kappa shape index (κ1) is 98.1. The molecule has 0 spiro atoms. The van der Waals surface area contributed by atoms with E-state index in [0.717, 1.165) is 153 Å². The quantitative estimate of drug-likeness (QED) is 0.0347. The van der Waals surface area contributed by atoms with Crippen molar-refractivity contribution in [3.05, 3.63) is 210 Å². The van der Waals surface area contributed by atoms with E-state index in [1.165, 1.54) is 56.9 Å².